The van der Waals surface area contributed by atoms with Crippen LogP contribution in [0.1, 0.15) is 29.8 Å². The van der Waals surface area contributed by atoms with Crippen LogP contribution in [0.15, 0.2) is 54.6 Å². The fraction of sp³-hybridized carbons (Fsp3) is 0.259. The van der Waals surface area contributed by atoms with E-state index < -0.39 is 5.91 Å². The van der Waals surface area contributed by atoms with Crippen LogP contribution in [0.2, 0.25) is 0 Å². The lowest BCUT2D eigenvalue weighted by molar-refractivity contribution is 0.0971. The first-order chi connectivity index (χ1) is 17.9. The summed E-state index contributed by atoms with van der Waals surface area (Å²) < 4.78 is 10.6. The fourth-order valence-electron chi connectivity index (χ4n) is 4.10. The largest absolute Gasteiger partial charge is 0.496 e. The molecule has 4 aromatic rings. The van der Waals surface area contributed by atoms with Gasteiger partial charge in [-0.3, -0.25) is 10.1 Å². The number of hydrogen-bond donors (Lipinski definition) is 2. The van der Waals surface area contributed by atoms with E-state index >= 15 is 0 Å². The Balaban J connectivity index is 1.53. The van der Waals surface area contributed by atoms with E-state index in [0.29, 0.717) is 22.7 Å². The Hall–Kier alpha value is -4.18. The zero-order chi connectivity index (χ0) is 26.5. The van der Waals surface area contributed by atoms with Gasteiger partial charge < -0.3 is 19.7 Å². The summed E-state index contributed by atoms with van der Waals surface area (Å²) in [5, 5.41) is 15.2. The second-order valence-corrected chi connectivity index (χ2v) is 8.69. The third kappa shape index (κ3) is 5.49. The van der Waals surface area contributed by atoms with E-state index in [1.54, 1.807) is 23.0 Å². The summed E-state index contributed by atoms with van der Waals surface area (Å²) >= 11 is 5.42. The number of ether oxygens (including phenoxy) is 2. The molecule has 37 heavy (non-hydrogen) atoms. The summed E-state index contributed by atoms with van der Waals surface area (Å²) in [6, 6.07) is 17.1. The Kier molecular flexibility index (Phi) is 7.88. The maximum absolute atomic E-state index is 12.9. The first-order valence-electron chi connectivity index (χ1n) is 11.9. The Labute approximate surface area is 221 Å². The molecule has 10 heteroatoms. The molecule has 0 saturated carbocycles. The minimum Gasteiger partial charge on any atom is -0.496 e. The van der Waals surface area contributed by atoms with E-state index in [1.165, 1.54) is 14.2 Å². The van der Waals surface area contributed by atoms with Crippen molar-refractivity contribution in [3.63, 3.8) is 0 Å². The lowest BCUT2D eigenvalue weighted by atomic mass is 10.1. The summed E-state index contributed by atoms with van der Waals surface area (Å²) in [5.41, 5.74) is 5.36. The molecule has 0 radical (unpaired) electrons. The number of amides is 1. The van der Waals surface area contributed by atoms with Gasteiger partial charge in [-0.25, -0.2) is 0 Å². The molecule has 1 heterocycles. The van der Waals surface area contributed by atoms with E-state index in [9.17, 15) is 4.79 Å². The maximum Gasteiger partial charge on any atom is 0.264 e. The molecule has 0 bridgehead atoms. The Bertz CT molecular complexity index is 1410. The van der Waals surface area contributed by atoms with Crippen LogP contribution in [-0.2, 0) is 0 Å². The molecule has 0 aliphatic rings. The number of nitrogens with one attached hydrogen (secondary N) is 2. The molecule has 0 fully saturated rings. The molecule has 2 N–H and O–H groups in total. The summed E-state index contributed by atoms with van der Waals surface area (Å²) in [6.07, 6.45) is 0. The Morgan fingerprint density at radius 1 is 0.973 bits per heavy atom. The maximum atomic E-state index is 12.9. The molecule has 0 aliphatic carbocycles. The van der Waals surface area contributed by atoms with E-state index in [0.717, 1.165) is 35.5 Å². The highest BCUT2D eigenvalue weighted by atomic mass is 32.1. The molecule has 0 aliphatic heterocycles. The summed E-state index contributed by atoms with van der Waals surface area (Å²) in [4.78, 5) is 16.8. The molecule has 192 valence electrons. The average Bonchev–Trinajstić information content (AvgIpc) is 3.31. The summed E-state index contributed by atoms with van der Waals surface area (Å²) in [6.45, 7) is 8.11. The molecular formula is C27H30N6O3S. The van der Waals surface area contributed by atoms with Crippen LogP contribution >= 0.6 is 12.2 Å². The molecule has 1 amide bonds. The van der Waals surface area contributed by atoms with Gasteiger partial charge in [0, 0.05) is 24.5 Å². The van der Waals surface area contributed by atoms with Crippen molar-refractivity contribution < 1.29 is 14.3 Å². The van der Waals surface area contributed by atoms with Gasteiger partial charge in [0.05, 0.1) is 19.9 Å². The molecule has 1 aromatic heterocycles. The van der Waals surface area contributed by atoms with Crippen LogP contribution in [0.25, 0.3) is 16.7 Å². The number of hydrogen-bond acceptors (Lipinski definition) is 7. The zero-order valence-corrected chi connectivity index (χ0v) is 22.3. The van der Waals surface area contributed by atoms with Gasteiger partial charge in [0.25, 0.3) is 5.91 Å². The van der Waals surface area contributed by atoms with Crippen molar-refractivity contribution in [1.82, 2.24) is 20.3 Å². The highest BCUT2D eigenvalue weighted by Crippen LogP contribution is 2.28. The third-order valence-electron chi connectivity index (χ3n) is 6.07. The first-order valence-corrected chi connectivity index (χ1v) is 12.4. The minimum absolute atomic E-state index is 0.139. The lowest BCUT2D eigenvalue weighted by Crippen LogP contribution is -2.34. The molecule has 9 nitrogen and oxygen atoms in total. The molecule has 4 rings (SSSR count). The van der Waals surface area contributed by atoms with E-state index in [2.05, 4.69) is 51.7 Å². The zero-order valence-electron chi connectivity index (χ0n) is 21.5. The van der Waals surface area contributed by atoms with Gasteiger partial charge in [-0.15, -0.1) is 10.2 Å². The van der Waals surface area contributed by atoms with Crippen molar-refractivity contribution in [2.75, 3.05) is 37.5 Å². The second kappa shape index (κ2) is 11.3. The first kappa shape index (κ1) is 25.9. The van der Waals surface area contributed by atoms with Crippen molar-refractivity contribution in [2.45, 2.75) is 20.8 Å². The lowest BCUT2D eigenvalue weighted by Gasteiger charge is -2.20. The van der Waals surface area contributed by atoms with E-state index in [4.69, 9.17) is 21.7 Å². The van der Waals surface area contributed by atoms with Crippen molar-refractivity contribution in [2.24, 2.45) is 0 Å². The molecular weight excluding hydrogens is 488 g/mol. The van der Waals surface area contributed by atoms with Crippen molar-refractivity contribution in [3.8, 4) is 17.2 Å². The Morgan fingerprint density at radius 2 is 1.57 bits per heavy atom. The predicted octanol–water partition coefficient (Wildman–Crippen LogP) is 4.72. The van der Waals surface area contributed by atoms with Crippen molar-refractivity contribution in [3.05, 3.63) is 65.7 Å². The highest BCUT2D eigenvalue weighted by Gasteiger charge is 2.19. The van der Waals surface area contributed by atoms with Gasteiger partial charge in [0.2, 0.25) is 0 Å². The number of nitrogens with zero attached hydrogens (tertiary/aromatic N) is 4. The van der Waals surface area contributed by atoms with Crippen LogP contribution in [0, 0.1) is 6.92 Å². The van der Waals surface area contributed by atoms with Crippen LogP contribution in [-0.4, -0.2) is 53.3 Å². The number of methoxy groups -OCH3 is 2. The quantitative estimate of drug-likeness (QED) is 0.324. The number of fused-ring (bicyclic) bond motifs is 1. The third-order valence-corrected chi connectivity index (χ3v) is 6.27. The van der Waals surface area contributed by atoms with Crippen LogP contribution in [0.3, 0.4) is 0 Å². The summed E-state index contributed by atoms with van der Waals surface area (Å²) in [7, 11) is 2.99. The van der Waals surface area contributed by atoms with Gasteiger partial charge in [0.15, 0.2) is 5.11 Å². The number of carbonyl (C=O) groups excluding carboxylic acids is 1. The smallest absolute Gasteiger partial charge is 0.264 e. The number of rotatable bonds is 8. The fourth-order valence-corrected chi connectivity index (χ4v) is 4.30. The van der Waals surface area contributed by atoms with Crippen LogP contribution < -0.4 is 25.0 Å². The monoisotopic (exact) mass is 518 g/mol. The number of carbonyl (C=O) groups is 1. The average molecular weight is 519 g/mol. The number of aromatic nitrogens is 3. The molecule has 0 unspecified atom stereocenters. The van der Waals surface area contributed by atoms with Gasteiger partial charge >= 0.3 is 0 Å². The predicted molar refractivity (Wildman–Crippen MR) is 150 cm³/mol. The molecule has 0 atom stereocenters. The van der Waals surface area contributed by atoms with E-state index in [1.807, 2.05) is 31.2 Å². The van der Waals surface area contributed by atoms with Crippen molar-refractivity contribution in [1.29, 1.82) is 0 Å². The summed E-state index contributed by atoms with van der Waals surface area (Å²) in [5.74, 6) is 0.336. The molecule has 3 aromatic carbocycles. The standard InChI is InChI=1S/C27H30N6O3S/c1-6-32(7-2)18-11-13-19(14-12-18)33-30-21-15-17(3)20(16-22(21)31-33)28-27(37)29-26(34)25-23(35-4)9-8-10-24(25)36-5/h8-16H,6-7H2,1-5H3,(H2,28,29,34,37). The highest BCUT2D eigenvalue weighted by molar-refractivity contribution is 7.80. The SMILES string of the molecule is CCN(CC)c1ccc(-n2nc3cc(C)c(NC(=S)NC(=O)c4c(OC)cccc4OC)cc3n2)cc1. The number of benzene rings is 3. The van der Waals surface area contributed by atoms with Gasteiger partial charge in [0.1, 0.15) is 28.1 Å². The van der Waals surface area contributed by atoms with Gasteiger partial charge in [-0.2, -0.15) is 4.80 Å². The van der Waals surface area contributed by atoms with Crippen molar-refractivity contribution >= 4 is 45.6 Å². The number of aryl methyl sites for hydroxylation is 1. The molecule has 0 spiro atoms. The van der Waals surface area contributed by atoms with Gasteiger partial charge in [-0.05, 0) is 87.1 Å². The second-order valence-electron chi connectivity index (χ2n) is 8.28. The molecule has 0 saturated heterocycles. The van der Waals surface area contributed by atoms with Crippen LogP contribution in [0.5, 0.6) is 11.5 Å². The number of thiocarbonyl (C=S) groups is 1. The minimum atomic E-state index is -0.440. The van der Waals surface area contributed by atoms with E-state index in [-0.39, 0.29) is 10.7 Å². The topological polar surface area (TPSA) is 93.5 Å². The Morgan fingerprint density at radius 3 is 2.14 bits per heavy atom. The normalized spacial score (nSPS) is 10.7. The van der Waals surface area contributed by atoms with Gasteiger partial charge in [-0.1, -0.05) is 6.07 Å². The number of anilines is 2. The van der Waals surface area contributed by atoms with Crippen LogP contribution in [0.4, 0.5) is 11.4 Å².